The van der Waals surface area contributed by atoms with Gasteiger partial charge in [0.1, 0.15) is 0 Å². The van der Waals surface area contributed by atoms with Crippen LogP contribution in [-0.4, -0.2) is 0 Å². The van der Waals surface area contributed by atoms with Gasteiger partial charge in [0.25, 0.3) is 0 Å². The summed E-state index contributed by atoms with van der Waals surface area (Å²) in [6.07, 6.45) is 1.07. The van der Waals surface area contributed by atoms with Gasteiger partial charge in [-0.25, -0.2) is 0 Å². The predicted octanol–water partition coefficient (Wildman–Crippen LogP) is 4.77. The Kier molecular flexibility index (Phi) is 2.60. The Bertz CT molecular complexity index is 575. The molecular weight excluding hydrogens is 226 g/mol. The van der Waals surface area contributed by atoms with Gasteiger partial charge in [-0.3, -0.25) is 0 Å². The Labute approximate surface area is 106 Å². The molecule has 0 aliphatic carbocycles. The second-order valence-electron chi connectivity index (χ2n) is 4.37. The van der Waals surface area contributed by atoms with Crippen LogP contribution in [0.3, 0.4) is 0 Å². The maximum atomic E-state index is 3.57. The van der Waals surface area contributed by atoms with E-state index in [2.05, 4.69) is 55.6 Å². The van der Waals surface area contributed by atoms with Crippen molar-refractivity contribution in [3.8, 4) is 0 Å². The van der Waals surface area contributed by atoms with Crippen molar-refractivity contribution in [3.05, 3.63) is 47.5 Å². The standard InChI is InChI=1S/C15H15NS/c1-3-11-5-4-6-13-15(11)16-12-8-7-10(2)9-14(12)17-13/h4-9,16H,3H2,1-2H3. The molecule has 0 radical (unpaired) electrons. The maximum absolute atomic E-state index is 3.57. The number of fused-ring (bicyclic) bond motifs is 2. The lowest BCUT2D eigenvalue weighted by Crippen LogP contribution is -2.03. The lowest BCUT2D eigenvalue weighted by molar-refractivity contribution is 1.12. The first-order valence-corrected chi connectivity index (χ1v) is 6.77. The van der Waals surface area contributed by atoms with E-state index in [9.17, 15) is 0 Å². The Balaban J connectivity index is 2.10. The molecule has 1 N–H and O–H groups in total. The molecule has 0 atom stereocenters. The van der Waals surface area contributed by atoms with Gasteiger partial charge in [-0.15, -0.1) is 0 Å². The molecule has 0 spiro atoms. The highest BCUT2D eigenvalue weighted by Crippen LogP contribution is 2.45. The number of rotatable bonds is 1. The van der Waals surface area contributed by atoms with Crippen LogP contribution in [0.4, 0.5) is 11.4 Å². The highest BCUT2D eigenvalue weighted by Gasteiger charge is 2.17. The fraction of sp³-hybridized carbons (Fsp3) is 0.200. The average molecular weight is 241 g/mol. The van der Waals surface area contributed by atoms with Gasteiger partial charge in [0.15, 0.2) is 0 Å². The molecule has 17 heavy (non-hydrogen) atoms. The molecule has 0 unspecified atom stereocenters. The van der Waals surface area contributed by atoms with Crippen LogP contribution >= 0.6 is 11.8 Å². The van der Waals surface area contributed by atoms with E-state index in [0.29, 0.717) is 0 Å². The van der Waals surface area contributed by atoms with E-state index in [-0.39, 0.29) is 0 Å². The Morgan fingerprint density at radius 1 is 1.12 bits per heavy atom. The van der Waals surface area contributed by atoms with Crippen LogP contribution in [-0.2, 0) is 6.42 Å². The summed E-state index contributed by atoms with van der Waals surface area (Å²) >= 11 is 1.86. The monoisotopic (exact) mass is 241 g/mol. The van der Waals surface area contributed by atoms with E-state index >= 15 is 0 Å². The molecule has 86 valence electrons. The summed E-state index contributed by atoms with van der Waals surface area (Å²) < 4.78 is 0. The zero-order valence-corrected chi connectivity index (χ0v) is 10.9. The van der Waals surface area contributed by atoms with Gasteiger partial charge in [-0.2, -0.15) is 0 Å². The van der Waals surface area contributed by atoms with Gasteiger partial charge in [-0.1, -0.05) is 36.9 Å². The van der Waals surface area contributed by atoms with E-state index < -0.39 is 0 Å². The third-order valence-corrected chi connectivity index (χ3v) is 4.23. The molecule has 1 aliphatic heterocycles. The van der Waals surface area contributed by atoms with Crippen molar-refractivity contribution in [2.45, 2.75) is 30.1 Å². The molecule has 1 aliphatic rings. The third-order valence-electron chi connectivity index (χ3n) is 3.11. The molecule has 1 heterocycles. The molecule has 0 bridgehead atoms. The van der Waals surface area contributed by atoms with Crippen LogP contribution in [0, 0.1) is 6.92 Å². The number of hydrogen-bond donors (Lipinski definition) is 1. The largest absolute Gasteiger partial charge is 0.353 e. The van der Waals surface area contributed by atoms with Gasteiger partial charge >= 0.3 is 0 Å². The van der Waals surface area contributed by atoms with Gasteiger partial charge < -0.3 is 5.32 Å². The van der Waals surface area contributed by atoms with E-state index in [0.717, 1.165) is 6.42 Å². The van der Waals surface area contributed by atoms with Crippen LogP contribution in [0.5, 0.6) is 0 Å². The molecule has 0 aromatic heterocycles. The Hall–Kier alpha value is -1.41. The van der Waals surface area contributed by atoms with Crippen molar-refractivity contribution in [1.29, 1.82) is 0 Å². The fourth-order valence-electron chi connectivity index (χ4n) is 2.17. The van der Waals surface area contributed by atoms with Crippen LogP contribution in [0.15, 0.2) is 46.2 Å². The van der Waals surface area contributed by atoms with Crippen molar-refractivity contribution >= 4 is 23.1 Å². The maximum Gasteiger partial charge on any atom is 0.0558 e. The van der Waals surface area contributed by atoms with Crippen LogP contribution in [0.1, 0.15) is 18.1 Å². The zero-order valence-electron chi connectivity index (χ0n) is 10.1. The third kappa shape index (κ3) is 1.83. The fourth-order valence-corrected chi connectivity index (χ4v) is 3.31. The molecule has 2 aromatic rings. The summed E-state index contributed by atoms with van der Waals surface area (Å²) in [5.74, 6) is 0. The lowest BCUT2D eigenvalue weighted by Gasteiger charge is -2.23. The second kappa shape index (κ2) is 4.11. The molecule has 2 aromatic carbocycles. The predicted molar refractivity (Wildman–Crippen MR) is 74.4 cm³/mol. The average Bonchev–Trinajstić information content (AvgIpc) is 2.35. The molecular formula is C15H15NS. The molecule has 0 fully saturated rings. The zero-order chi connectivity index (χ0) is 11.8. The lowest BCUT2D eigenvalue weighted by atomic mass is 10.1. The van der Waals surface area contributed by atoms with E-state index in [1.807, 2.05) is 11.8 Å². The number of nitrogens with one attached hydrogen (secondary N) is 1. The van der Waals surface area contributed by atoms with Crippen LogP contribution < -0.4 is 5.32 Å². The van der Waals surface area contributed by atoms with E-state index in [4.69, 9.17) is 0 Å². The first-order chi connectivity index (χ1) is 8.28. The summed E-state index contributed by atoms with van der Waals surface area (Å²) in [4.78, 5) is 2.66. The molecule has 0 amide bonds. The summed E-state index contributed by atoms with van der Waals surface area (Å²) in [7, 11) is 0. The summed E-state index contributed by atoms with van der Waals surface area (Å²) in [5.41, 5.74) is 5.22. The van der Waals surface area contributed by atoms with Gasteiger partial charge in [-0.05, 0) is 42.7 Å². The number of anilines is 2. The normalized spacial score (nSPS) is 12.6. The highest BCUT2D eigenvalue weighted by molar-refractivity contribution is 7.99. The number of benzene rings is 2. The molecule has 0 saturated carbocycles. The Morgan fingerprint density at radius 2 is 2.00 bits per heavy atom. The van der Waals surface area contributed by atoms with E-state index in [1.54, 1.807) is 0 Å². The number of hydrogen-bond acceptors (Lipinski definition) is 2. The van der Waals surface area contributed by atoms with Crippen molar-refractivity contribution < 1.29 is 0 Å². The minimum Gasteiger partial charge on any atom is -0.353 e. The number of para-hydroxylation sites is 1. The summed E-state index contributed by atoms with van der Waals surface area (Å²) in [5, 5.41) is 3.57. The summed E-state index contributed by atoms with van der Waals surface area (Å²) in [6, 6.07) is 13.1. The highest BCUT2D eigenvalue weighted by atomic mass is 32.2. The van der Waals surface area contributed by atoms with Gasteiger partial charge in [0.2, 0.25) is 0 Å². The quantitative estimate of drug-likeness (QED) is 0.659. The smallest absolute Gasteiger partial charge is 0.0558 e. The van der Waals surface area contributed by atoms with Crippen molar-refractivity contribution in [1.82, 2.24) is 0 Å². The second-order valence-corrected chi connectivity index (χ2v) is 5.45. The SMILES string of the molecule is CCc1cccc2c1Nc1ccc(C)cc1S2. The molecule has 0 saturated heterocycles. The van der Waals surface area contributed by atoms with Crippen molar-refractivity contribution in [2.75, 3.05) is 5.32 Å². The minimum absolute atomic E-state index is 1.07. The van der Waals surface area contributed by atoms with Gasteiger partial charge in [0, 0.05) is 9.79 Å². The first kappa shape index (κ1) is 10.7. The Morgan fingerprint density at radius 3 is 2.82 bits per heavy atom. The first-order valence-electron chi connectivity index (χ1n) is 5.95. The van der Waals surface area contributed by atoms with E-state index in [1.165, 1.54) is 32.3 Å². The molecule has 2 heteroatoms. The van der Waals surface area contributed by atoms with Crippen LogP contribution in [0.2, 0.25) is 0 Å². The molecule has 3 rings (SSSR count). The minimum atomic E-state index is 1.07. The molecule has 1 nitrogen and oxygen atoms in total. The number of aryl methyl sites for hydroxylation is 2. The van der Waals surface area contributed by atoms with Crippen molar-refractivity contribution in [3.63, 3.8) is 0 Å². The van der Waals surface area contributed by atoms with Gasteiger partial charge in [0.05, 0.1) is 11.4 Å². The van der Waals surface area contributed by atoms with Crippen molar-refractivity contribution in [2.24, 2.45) is 0 Å². The topological polar surface area (TPSA) is 12.0 Å². The van der Waals surface area contributed by atoms with Crippen LogP contribution in [0.25, 0.3) is 0 Å². The summed E-state index contributed by atoms with van der Waals surface area (Å²) in [6.45, 7) is 4.34.